The number of thioether (sulfide) groups is 1. The average molecular weight is 289 g/mol. The monoisotopic (exact) mass is 288 g/mol. The van der Waals surface area contributed by atoms with E-state index in [4.69, 9.17) is 5.11 Å². The second kappa shape index (κ2) is 4.51. The fourth-order valence-electron chi connectivity index (χ4n) is 1.38. The molecule has 4 nitrogen and oxygen atoms in total. The molecule has 0 aromatic carbocycles. The van der Waals surface area contributed by atoms with Gasteiger partial charge in [0.05, 0.1) is 5.37 Å². The van der Waals surface area contributed by atoms with Gasteiger partial charge in [-0.3, -0.25) is 15.1 Å². The number of pyridine rings is 1. The molecule has 2 N–H and O–H groups in total. The molecule has 1 aliphatic heterocycles. The van der Waals surface area contributed by atoms with Crippen LogP contribution in [-0.2, 0) is 4.79 Å². The molecule has 0 amide bonds. The average Bonchev–Trinajstić information content (AvgIpc) is 2.66. The van der Waals surface area contributed by atoms with E-state index in [2.05, 4.69) is 26.2 Å². The van der Waals surface area contributed by atoms with Gasteiger partial charge in [-0.25, -0.2) is 0 Å². The smallest absolute Gasteiger partial charge is 0.321 e. The van der Waals surface area contributed by atoms with Gasteiger partial charge in [-0.2, -0.15) is 0 Å². The summed E-state index contributed by atoms with van der Waals surface area (Å²) in [5, 5.41) is 11.9. The van der Waals surface area contributed by atoms with Gasteiger partial charge >= 0.3 is 5.97 Å². The quantitative estimate of drug-likeness (QED) is 0.866. The van der Waals surface area contributed by atoms with E-state index in [0.29, 0.717) is 5.75 Å². The molecule has 0 aliphatic carbocycles. The van der Waals surface area contributed by atoms with Crippen molar-refractivity contribution in [3.63, 3.8) is 0 Å². The largest absolute Gasteiger partial charge is 0.480 e. The van der Waals surface area contributed by atoms with Crippen LogP contribution in [0.5, 0.6) is 0 Å². The SMILES string of the molecule is O=C(O)[C@@H]1CSC(c2cncc(Br)c2)N1. The van der Waals surface area contributed by atoms with E-state index in [1.165, 1.54) is 0 Å². The van der Waals surface area contributed by atoms with Crippen molar-refractivity contribution in [1.82, 2.24) is 10.3 Å². The number of hydrogen-bond donors (Lipinski definition) is 2. The molecule has 0 radical (unpaired) electrons. The minimum Gasteiger partial charge on any atom is -0.480 e. The van der Waals surface area contributed by atoms with Crippen molar-refractivity contribution < 1.29 is 9.90 Å². The highest BCUT2D eigenvalue weighted by molar-refractivity contribution is 9.10. The van der Waals surface area contributed by atoms with E-state index < -0.39 is 12.0 Å². The minimum atomic E-state index is -0.798. The fraction of sp³-hybridized carbons (Fsp3) is 0.333. The summed E-state index contributed by atoms with van der Waals surface area (Å²) >= 11 is 4.93. The van der Waals surface area contributed by atoms with Gasteiger partial charge in [-0.15, -0.1) is 11.8 Å². The number of nitrogens with zero attached hydrogens (tertiary/aromatic N) is 1. The Bertz CT molecular complexity index is 388. The first-order chi connectivity index (χ1) is 7.16. The lowest BCUT2D eigenvalue weighted by Gasteiger charge is -2.10. The minimum absolute atomic E-state index is 0.0242. The third-order valence-electron chi connectivity index (χ3n) is 2.11. The molecule has 6 heteroatoms. The molecule has 1 saturated heterocycles. The topological polar surface area (TPSA) is 62.2 Å². The lowest BCUT2D eigenvalue weighted by Crippen LogP contribution is -2.33. The summed E-state index contributed by atoms with van der Waals surface area (Å²) in [7, 11) is 0. The second-order valence-electron chi connectivity index (χ2n) is 3.21. The Morgan fingerprint density at radius 2 is 2.47 bits per heavy atom. The van der Waals surface area contributed by atoms with E-state index in [0.717, 1.165) is 10.0 Å². The fourth-order valence-corrected chi connectivity index (χ4v) is 2.97. The van der Waals surface area contributed by atoms with Crippen molar-refractivity contribution in [3.8, 4) is 0 Å². The Balaban J connectivity index is 2.11. The van der Waals surface area contributed by atoms with E-state index in [1.54, 1.807) is 24.2 Å². The summed E-state index contributed by atoms with van der Waals surface area (Å²) < 4.78 is 0.904. The maximum atomic E-state index is 10.7. The van der Waals surface area contributed by atoms with Crippen molar-refractivity contribution >= 4 is 33.7 Å². The van der Waals surface area contributed by atoms with Gasteiger partial charge in [-0.1, -0.05) is 0 Å². The zero-order chi connectivity index (χ0) is 10.8. The van der Waals surface area contributed by atoms with Gasteiger partial charge < -0.3 is 5.11 Å². The van der Waals surface area contributed by atoms with E-state index in [1.807, 2.05) is 6.07 Å². The predicted molar refractivity (Wildman–Crippen MR) is 61.7 cm³/mol. The highest BCUT2D eigenvalue weighted by Crippen LogP contribution is 2.33. The third-order valence-corrected chi connectivity index (χ3v) is 3.81. The molecule has 0 saturated carbocycles. The first-order valence-electron chi connectivity index (χ1n) is 4.38. The summed E-state index contributed by atoms with van der Waals surface area (Å²) in [4.78, 5) is 14.8. The first kappa shape index (κ1) is 10.9. The van der Waals surface area contributed by atoms with Crippen LogP contribution in [0.3, 0.4) is 0 Å². The van der Waals surface area contributed by atoms with Crippen molar-refractivity contribution in [1.29, 1.82) is 0 Å². The van der Waals surface area contributed by atoms with Gasteiger partial charge in [0.2, 0.25) is 0 Å². The van der Waals surface area contributed by atoms with Crippen LogP contribution in [0.2, 0.25) is 0 Å². The Morgan fingerprint density at radius 3 is 3.07 bits per heavy atom. The zero-order valence-electron chi connectivity index (χ0n) is 7.68. The lowest BCUT2D eigenvalue weighted by atomic mass is 10.2. The molecular weight excluding hydrogens is 280 g/mol. The summed E-state index contributed by atoms with van der Waals surface area (Å²) in [6.45, 7) is 0. The number of halogens is 1. The molecule has 2 atom stereocenters. The molecule has 1 aromatic heterocycles. The number of hydrogen-bond acceptors (Lipinski definition) is 4. The van der Waals surface area contributed by atoms with Gasteiger partial charge in [-0.05, 0) is 27.6 Å². The van der Waals surface area contributed by atoms with E-state index in [9.17, 15) is 4.79 Å². The molecule has 1 aromatic rings. The molecule has 1 aliphatic rings. The van der Waals surface area contributed by atoms with Crippen LogP contribution < -0.4 is 5.32 Å². The molecule has 0 spiro atoms. The zero-order valence-corrected chi connectivity index (χ0v) is 10.1. The number of aromatic nitrogens is 1. The van der Waals surface area contributed by atoms with Crippen LogP contribution >= 0.6 is 27.7 Å². The van der Waals surface area contributed by atoms with Crippen LogP contribution in [0.15, 0.2) is 22.9 Å². The first-order valence-corrected chi connectivity index (χ1v) is 6.22. The number of carboxylic acid groups (broad SMARTS) is 1. The Hall–Kier alpha value is -0.590. The molecular formula is C9H9BrN2O2S. The van der Waals surface area contributed by atoms with Crippen molar-refractivity contribution in [2.24, 2.45) is 0 Å². The highest BCUT2D eigenvalue weighted by atomic mass is 79.9. The summed E-state index contributed by atoms with van der Waals surface area (Å²) in [5.41, 5.74) is 0.998. The predicted octanol–water partition coefficient (Wildman–Crippen LogP) is 1.63. The molecule has 1 unspecified atom stereocenters. The Morgan fingerprint density at radius 1 is 1.67 bits per heavy atom. The van der Waals surface area contributed by atoms with Gasteiger partial charge in [0.1, 0.15) is 6.04 Å². The summed E-state index contributed by atoms with van der Waals surface area (Å²) in [6.07, 6.45) is 3.46. The van der Waals surface area contributed by atoms with Crippen molar-refractivity contribution in [2.45, 2.75) is 11.4 Å². The number of carboxylic acids is 1. The van der Waals surface area contributed by atoms with Crippen LogP contribution in [-0.4, -0.2) is 27.9 Å². The number of aliphatic carboxylic acids is 1. The maximum absolute atomic E-state index is 10.7. The van der Waals surface area contributed by atoms with E-state index in [-0.39, 0.29) is 5.37 Å². The van der Waals surface area contributed by atoms with Gasteiger partial charge in [0.15, 0.2) is 0 Å². The van der Waals surface area contributed by atoms with Crippen molar-refractivity contribution in [2.75, 3.05) is 5.75 Å². The van der Waals surface area contributed by atoms with Gasteiger partial charge in [0.25, 0.3) is 0 Å². The normalized spacial score (nSPS) is 25.4. The molecule has 2 heterocycles. The third kappa shape index (κ3) is 2.50. The standard InChI is InChI=1S/C9H9BrN2O2S/c10-6-1-5(2-11-3-6)8-12-7(4-15-8)9(13)14/h1-3,7-8,12H,4H2,(H,13,14)/t7-,8?/m0/s1. The molecule has 80 valence electrons. The second-order valence-corrected chi connectivity index (χ2v) is 5.26. The van der Waals surface area contributed by atoms with Crippen LogP contribution in [0, 0.1) is 0 Å². The van der Waals surface area contributed by atoms with Crippen molar-refractivity contribution in [3.05, 3.63) is 28.5 Å². The van der Waals surface area contributed by atoms with Crippen LogP contribution in [0.4, 0.5) is 0 Å². The Labute approximate surface area is 99.6 Å². The number of nitrogens with one attached hydrogen (secondary N) is 1. The molecule has 2 rings (SSSR count). The summed E-state index contributed by atoms with van der Waals surface area (Å²) in [5.74, 6) is -0.208. The highest BCUT2D eigenvalue weighted by Gasteiger charge is 2.30. The van der Waals surface area contributed by atoms with E-state index >= 15 is 0 Å². The molecule has 1 fully saturated rings. The Kier molecular flexibility index (Phi) is 3.28. The number of rotatable bonds is 2. The summed E-state index contributed by atoms with van der Waals surface area (Å²) in [6, 6.07) is 1.49. The van der Waals surface area contributed by atoms with Gasteiger partial charge in [0, 0.05) is 22.6 Å². The van der Waals surface area contributed by atoms with Crippen LogP contribution in [0.25, 0.3) is 0 Å². The number of carbonyl (C=O) groups is 1. The maximum Gasteiger partial charge on any atom is 0.321 e. The molecule has 15 heavy (non-hydrogen) atoms. The van der Waals surface area contributed by atoms with Crippen LogP contribution in [0.1, 0.15) is 10.9 Å². The lowest BCUT2D eigenvalue weighted by molar-refractivity contribution is -0.138. The molecule has 0 bridgehead atoms.